The second-order valence-corrected chi connectivity index (χ2v) is 5.95. The van der Waals surface area contributed by atoms with Crippen LogP contribution in [-0.2, 0) is 13.6 Å². The van der Waals surface area contributed by atoms with E-state index in [2.05, 4.69) is 41.6 Å². The lowest BCUT2D eigenvalue weighted by molar-refractivity contribution is 0.561. The van der Waals surface area contributed by atoms with Crippen molar-refractivity contribution in [3.63, 3.8) is 0 Å². The van der Waals surface area contributed by atoms with E-state index in [1.807, 2.05) is 24.1 Å². The summed E-state index contributed by atoms with van der Waals surface area (Å²) in [5, 5.41) is 10.9. The van der Waals surface area contributed by atoms with Gasteiger partial charge in [-0.25, -0.2) is 4.98 Å². The molecule has 0 amide bonds. The number of aryl methyl sites for hydroxylation is 1. The molecule has 0 spiro atoms. The first kappa shape index (κ1) is 15.0. The van der Waals surface area contributed by atoms with Gasteiger partial charge in [-0.15, -0.1) is 11.3 Å². The molecule has 2 heterocycles. The van der Waals surface area contributed by atoms with E-state index < -0.39 is 0 Å². The Bertz CT molecular complexity index is 533. The number of thiazole rings is 1. The Balaban J connectivity index is 1.97. The molecule has 5 nitrogen and oxygen atoms in total. The maximum absolute atomic E-state index is 4.72. The number of anilines is 1. The monoisotopic (exact) mass is 293 g/mol. The van der Waals surface area contributed by atoms with Crippen molar-refractivity contribution in [3.8, 4) is 0 Å². The molecule has 1 unspecified atom stereocenters. The summed E-state index contributed by atoms with van der Waals surface area (Å²) in [4.78, 5) is 6.89. The van der Waals surface area contributed by atoms with Gasteiger partial charge in [0.05, 0.1) is 11.9 Å². The molecule has 0 aliphatic heterocycles. The van der Waals surface area contributed by atoms with E-state index in [1.165, 1.54) is 5.56 Å². The first-order valence-electron chi connectivity index (χ1n) is 6.97. The summed E-state index contributed by atoms with van der Waals surface area (Å²) in [5.41, 5.74) is 2.32. The molecule has 0 bridgehead atoms. The van der Waals surface area contributed by atoms with Crippen molar-refractivity contribution in [2.45, 2.75) is 32.9 Å². The number of hydrogen-bond acceptors (Lipinski definition) is 5. The molecule has 0 radical (unpaired) electrons. The first-order valence-corrected chi connectivity index (χ1v) is 7.85. The maximum Gasteiger partial charge on any atom is 0.185 e. The topological polar surface area (TPSA) is 46.0 Å². The number of rotatable bonds is 7. The van der Waals surface area contributed by atoms with Crippen LogP contribution in [0.5, 0.6) is 0 Å². The first-order chi connectivity index (χ1) is 9.60. The van der Waals surface area contributed by atoms with Crippen molar-refractivity contribution in [1.82, 2.24) is 20.1 Å². The Kier molecular flexibility index (Phi) is 5.14. The van der Waals surface area contributed by atoms with Gasteiger partial charge in [0.2, 0.25) is 0 Å². The van der Waals surface area contributed by atoms with Crippen molar-refractivity contribution >= 4 is 16.5 Å². The minimum Gasteiger partial charge on any atom is -0.347 e. The standard InChI is InChI=1S/C14H23N5S/c1-5-6-15-11(2)13-10-20-14(17-13)18(3)8-12-7-16-19(4)9-12/h7,9-11,15H,5-6,8H2,1-4H3. The lowest BCUT2D eigenvalue weighted by Gasteiger charge is -2.15. The highest BCUT2D eigenvalue weighted by atomic mass is 32.1. The van der Waals surface area contributed by atoms with Crippen LogP contribution in [0.4, 0.5) is 5.13 Å². The average Bonchev–Trinajstić information content (AvgIpc) is 3.05. The molecule has 1 atom stereocenters. The normalized spacial score (nSPS) is 12.6. The van der Waals surface area contributed by atoms with Crippen LogP contribution in [0.15, 0.2) is 17.8 Å². The minimum absolute atomic E-state index is 0.312. The van der Waals surface area contributed by atoms with E-state index in [4.69, 9.17) is 4.98 Å². The fraction of sp³-hybridized carbons (Fsp3) is 0.571. The maximum atomic E-state index is 4.72. The lowest BCUT2D eigenvalue weighted by Crippen LogP contribution is -2.20. The molecule has 1 N–H and O–H groups in total. The molecule has 20 heavy (non-hydrogen) atoms. The molecule has 2 rings (SSSR count). The van der Waals surface area contributed by atoms with Crippen molar-refractivity contribution in [2.75, 3.05) is 18.5 Å². The van der Waals surface area contributed by atoms with Crippen molar-refractivity contribution in [2.24, 2.45) is 7.05 Å². The van der Waals surface area contributed by atoms with Gasteiger partial charge in [-0.05, 0) is 19.9 Å². The smallest absolute Gasteiger partial charge is 0.185 e. The molecule has 6 heteroatoms. The summed E-state index contributed by atoms with van der Waals surface area (Å²) >= 11 is 1.69. The molecule has 2 aromatic heterocycles. The van der Waals surface area contributed by atoms with E-state index in [9.17, 15) is 0 Å². The molecular weight excluding hydrogens is 270 g/mol. The lowest BCUT2D eigenvalue weighted by atomic mass is 10.2. The fourth-order valence-corrected chi connectivity index (χ4v) is 2.90. The SMILES string of the molecule is CCCNC(C)c1csc(N(C)Cc2cnn(C)c2)n1. The van der Waals surface area contributed by atoms with Crippen LogP contribution in [0.3, 0.4) is 0 Å². The van der Waals surface area contributed by atoms with E-state index in [1.54, 1.807) is 11.3 Å². The molecule has 0 aliphatic rings. The van der Waals surface area contributed by atoms with E-state index in [-0.39, 0.29) is 0 Å². The van der Waals surface area contributed by atoms with Crippen LogP contribution < -0.4 is 10.2 Å². The Morgan fingerprint density at radius 3 is 2.95 bits per heavy atom. The largest absolute Gasteiger partial charge is 0.347 e. The summed E-state index contributed by atoms with van der Waals surface area (Å²) in [6.07, 6.45) is 5.08. The van der Waals surface area contributed by atoms with Crippen LogP contribution in [-0.4, -0.2) is 28.4 Å². The van der Waals surface area contributed by atoms with Gasteiger partial charge in [-0.3, -0.25) is 4.68 Å². The van der Waals surface area contributed by atoms with Crippen LogP contribution in [0, 0.1) is 0 Å². The second kappa shape index (κ2) is 6.85. The van der Waals surface area contributed by atoms with E-state index in [0.717, 1.165) is 30.3 Å². The zero-order valence-corrected chi connectivity index (χ0v) is 13.4. The predicted molar refractivity (Wildman–Crippen MR) is 84.1 cm³/mol. The van der Waals surface area contributed by atoms with Gasteiger partial charge in [0.25, 0.3) is 0 Å². The van der Waals surface area contributed by atoms with Crippen LogP contribution >= 0.6 is 11.3 Å². The van der Waals surface area contributed by atoms with Crippen molar-refractivity contribution in [1.29, 1.82) is 0 Å². The Morgan fingerprint density at radius 2 is 2.30 bits per heavy atom. The quantitative estimate of drug-likeness (QED) is 0.852. The average molecular weight is 293 g/mol. The third kappa shape index (κ3) is 3.80. The number of hydrogen-bond donors (Lipinski definition) is 1. The van der Waals surface area contributed by atoms with E-state index in [0.29, 0.717) is 6.04 Å². The highest BCUT2D eigenvalue weighted by Gasteiger charge is 2.12. The number of nitrogens with one attached hydrogen (secondary N) is 1. The fourth-order valence-electron chi connectivity index (χ4n) is 2.01. The van der Waals surface area contributed by atoms with Gasteiger partial charge < -0.3 is 10.2 Å². The molecule has 0 aromatic carbocycles. The molecule has 0 fully saturated rings. The zero-order chi connectivity index (χ0) is 14.5. The van der Waals surface area contributed by atoms with Crippen LogP contribution in [0.2, 0.25) is 0 Å². The predicted octanol–water partition coefficient (Wildman–Crippen LogP) is 2.57. The van der Waals surface area contributed by atoms with Crippen LogP contribution in [0.1, 0.15) is 37.6 Å². The zero-order valence-electron chi connectivity index (χ0n) is 12.6. The highest BCUT2D eigenvalue weighted by Crippen LogP contribution is 2.24. The van der Waals surface area contributed by atoms with Gasteiger partial charge >= 0.3 is 0 Å². The number of nitrogens with zero attached hydrogens (tertiary/aromatic N) is 4. The molecule has 2 aromatic rings. The molecule has 0 aliphatic carbocycles. The van der Waals surface area contributed by atoms with Gasteiger partial charge in [-0.2, -0.15) is 5.10 Å². The summed E-state index contributed by atoms with van der Waals surface area (Å²) in [5.74, 6) is 0. The van der Waals surface area contributed by atoms with Crippen molar-refractivity contribution in [3.05, 3.63) is 29.0 Å². The second-order valence-electron chi connectivity index (χ2n) is 5.11. The van der Waals surface area contributed by atoms with Gasteiger partial charge in [0.15, 0.2) is 5.13 Å². The summed E-state index contributed by atoms with van der Waals surface area (Å²) < 4.78 is 1.83. The van der Waals surface area contributed by atoms with Crippen LogP contribution in [0.25, 0.3) is 0 Å². The molecule has 0 saturated heterocycles. The Hall–Kier alpha value is -1.40. The number of aromatic nitrogens is 3. The third-order valence-electron chi connectivity index (χ3n) is 3.16. The van der Waals surface area contributed by atoms with Gasteiger partial charge in [-0.1, -0.05) is 6.92 Å². The Labute approximate surface area is 124 Å². The minimum atomic E-state index is 0.312. The molecule has 110 valence electrons. The van der Waals surface area contributed by atoms with Gasteiger partial charge in [0.1, 0.15) is 0 Å². The summed E-state index contributed by atoms with van der Waals surface area (Å²) in [6, 6.07) is 0.312. The summed E-state index contributed by atoms with van der Waals surface area (Å²) in [6.45, 7) is 6.20. The van der Waals surface area contributed by atoms with Gasteiger partial charge in [0, 0.05) is 43.8 Å². The molecular formula is C14H23N5S. The van der Waals surface area contributed by atoms with E-state index >= 15 is 0 Å². The Morgan fingerprint density at radius 1 is 1.50 bits per heavy atom. The third-order valence-corrected chi connectivity index (χ3v) is 4.13. The summed E-state index contributed by atoms with van der Waals surface area (Å²) in [7, 11) is 4.01. The molecule has 0 saturated carbocycles. The highest BCUT2D eigenvalue weighted by molar-refractivity contribution is 7.13. The van der Waals surface area contributed by atoms with Crippen molar-refractivity contribution < 1.29 is 0 Å².